The number of hydrogen-bond acceptors (Lipinski definition) is 4. The van der Waals surface area contributed by atoms with Crippen molar-refractivity contribution in [1.29, 1.82) is 5.26 Å². The van der Waals surface area contributed by atoms with Crippen molar-refractivity contribution < 1.29 is 4.79 Å². The lowest BCUT2D eigenvalue weighted by Crippen LogP contribution is -2.35. The van der Waals surface area contributed by atoms with Gasteiger partial charge >= 0.3 is 0 Å². The molecule has 0 aliphatic carbocycles. The van der Waals surface area contributed by atoms with E-state index in [-0.39, 0.29) is 18.5 Å². The summed E-state index contributed by atoms with van der Waals surface area (Å²) in [6.45, 7) is 2.61. The number of hydrogen-bond donors (Lipinski definition) is 2. The highest BCUT2D eigenvalue weighted by Crippen LogP contribution is 2.08. The zero-order valence-electron chi connectivity index (χ0n) is 9.81. The molecule has 0 aliphatic heterocycles. The van der Waals surface area contributed by atoms with Crippen LogP contribution >= 0.6 is 0 Å². The molecular weight excluding hydrogens is 216 g/mol. The third kappa shape index (κ3) is 5.09. The molecule has 0 aromatic carbocycles. The molecule has 90 valence electrons. The molecule has 1 aromatic heterocycles. The maximum atomic E-state index is 11.4. The Morgan fingerprint density at radius 2 is 2.47 bits per heavy atom. The van der Waals surface area contributed by atoms with Crippen molar-refractivity contribution in [2.75, 3.05) is 13.1 Å². The summed E-state index contributed by atoms with van der Waals surface area (Å²) in [6, 6.07) is 5.86. The number of nitriles is 1. The predicted octanol–water partition coefficient (Wildman–Crippen LogP) is 0.762. The van der Waals surface area contributed by atoms with Crippen LogP contribution in [0.2, 0.25) is 0 Å². The van der Waals surface area contributed by atoms with Crippen LogP contribution in [0.1, 0.15) is 24.9 Å². The van der Waals surface area contributed by atoms with Crippen LogP contribution in [0.4, 0.5) is 0 Å². The lowest BCUT2D eigenvalue weighted by atomic mass is 10.1. The van der Waals surface area contributed by atoms with Crippen LogP contribution in [-0.2, 0) is 4.79 Å². The first kappa shape index (κ1) is 13.1. The zero-order valence-corrected chi connectivity index (χ0v) is 9.81. The number of carbonyl (C=O) groups excluding carboxylic acids is 1. The first-order valence-corrected chi connectivity index (χ1v) is 5.51. The van der Waals surface area contributed by atoms with Gasteiger partial charge in [-0.2, -0.15) is 5.26 Å². The second-order valence-corrected chi connectivity index (χ2v) is 3.65. The van der Waals surface area contributed by atoms with Crippen molar-refractivity contribution in [2.45, 2.75) is 19.4 Å². The lowest BCUT2D eigenvalue weighted by molar-refractivity contribution is -0.120. The predicted molar refractivity (Wildman–Crippen MR) is 63.9 cm³/mol. The Morgan fingerprint density at radius 3 is 3.12 bits per heavy atom. The van der Waals surface area contributed by atoms with E-state index in [0.29, 0.717) is 13.0 Å². The Kier molecular flexibility index (Phi) is 5.69. The van der Waals surface area contributed by atoms with Crippen molar-refractivity contribution in [3.63, 3.8) is 0 Å². The van der Waals surface area contributed by atoms with E-state index in [1.54, 1.807) is 12.4 Å². The number of carbonyl (C=O) groups is 1. The van der Waals surface area contributed by atoms with E-state index in [1.165, 1.54) is 0 Å². The average Bonchev–Trinajstić information content (AvgIpc) is 2.37. The molecule has 1 rings (SSSR count). The first-order chi connectivity index (χ1) is 8.24. The standard InChI is InChI=1S/C12H16N4O/c1-10(11-4-2-6-14-8-11)16-9-12(17)15-7-3-5-13/h2,4,6,8,10,16H,3,7,9H2,1H3,(H,15,17)/t10-/m0/s1. The largest absolute Gasteiger partial charge is 0.354 e. The van der Waals surface area contributed by atoms with Gasteiger partial charge in [0.1, 0.15) is 0 Å². The quantitative estimate of drug-likeness (QED) is 0.710. The average molecular weight is 232 g/mol. The van der Waals surface area contributed by atoms with Crippen LogP contribution in [-0.4, -0.2) is 24.0 Å². The molecule has 0 saturated heterocycles. The number of aromatic nitrogens is 1. The SMILES string of the molecule is C[C@H](NCC(=O)NCCC#N)c1cccnc1. The van der Waals surface area contributed by atoms with Crippen molar-refractivity contribution >= 4 is 5.91 Å². The van der Waals surface area contributed by atoms with E-state index in [0.717, 1.165) is 5.56 Å². The molecular formula is C12H16N4O. The minimum atomic E-state index is -0.101. The summed E-state index contributed by atoms with van der Waals surface area (Å²) in [5.41, 5.74) is 1.04. The van der Waals surface area contributed by atoms with E-state index < -0.39 is 0 Å². The van der Waals surface area contributed by atoms with Gasteiger partial charge in [-0.15, -0.1) is 0 Å². The fraction of sp³-hybridized carbons (Fsp3) is 0.417. The zero-order chi connectivity index (χ0) is 12.5. The van der Waals surface area contributed by atoms with Gasteiger partial charge in [-0.05, 0) is 18.6 Å². The van der Waals surface area contributed by atoms with Gasteiger partial charge in [-0.1, -0.05) is 6.07 Å². The Balaban J connectivity index is 2.27. The summed E-state index contributed by atoms with van der Waals surface area (Å²) >= 11 is 0. The van der Waals surface area contributed by atoms with Crippen LogP contribution in [0, 0.1) is 11.3 Å². The molecule has 0 radical (unpaired) electrons. The Bertz CT molecular complexity index is 385. The van der Waals surface area contributed by atoms with E-state index >= 15 is 0 Å². The van der Waals surface area contributed by atoms with Gasteiger partial charge < -0.3 is 10.6 Å². The Labute approximate surface area is 101 Å². The molecule has 1 amide bonds. The van der Waals surface area contributed by atoms with E-state index in [9.17, 15) is 4.79 Å². The number of rotatable bonds is 6. The molecule has 0 unspecified atom stereocenters. The third-order valence-corrected chi connectivity index (χ3v) is 2.31. The molecule has 0 bridgehead atoms. The minimum absolute atomic E-state index is 0.0745. The smallest absolute Gasteiger partial charge is 0.234 e. The molecule has 0 aliphatic rings. The third-order valence-electron chi connectivity index (χ3n) is 2.31. The summed E-state index contributed by atoms with van der Waals surface area (Å²) in [5.74, 6) is -0.101. The number of nitrogens with one attached hydrogen (secondary N) is 2. The topological polar surface area (TPSA) is 77.8 Å². The van der Waals surface area contributed by atoms with Crippen molar-refractivity contribution in [3.05, 3.63) is 30.1 Å². The van der Waals surface area contributed by atoms with Crippen LogP contribution in [0.25, 0.3) is 0 Å². The monoisotopic (exact) mass is 232 g/mol. The van der Waals surface area contributed by atoms with Crippen LogP contribution in [0.3, 0.4) is 0 Å². The summed E-state index contributed by atoms with van der Waals surface area (Å²) < 4.78 is 0. The molecule has 2 N–H and O–H groups in total. The van der Waals surface area contributed by atoms with Gasteiger partial charge in [0.15, 0.2) is 0 Å². The van der Waals surface area contributed by atoms with Gasteiger partial charge in [0, 0.05) is 25.0 Å². The maximum Gasteiger partial charge on any atom is 0.234 e. The fourth-order valence-electron chi connectivity index (χ4n) is 1.32. The van der Waals surface area contributed by atoms with Crippen molar-refractivity contribution in [3.8, 4) is 6.07 Å². The summed E-state index contributed by atoms with van der Waals surface area (Å²) in [7, 11) is 0. The van der Waals surface area contributed by atoms with E-state index in [2.05, 4.69) is 15.6 Å². The van der Waals surface area contributed by atoms with Crippen molar-refractivity contribution in [1.82, 2.24) is 15.6 Å². The molecule has 1 aromatic rings. The summed E-state index contributed by atoms with van der Waals surface area (Å²) in [5, 5.41) is 14.1. The normalized spacial score (nSPS) is 11.5. The van der Waals surface area contributed by atoms with Gasteiger partial charge in [0.05, 0.1) is 19.0 Å². The van der Waals surface area contributed by atoms with Crippen LogP contribution < -0.4 is 10.6 Å². The second-order valence-electron chi connectivity index (χ2n) is 3.65. The van der Waals surface area contributed by atoms with Gasteiger partial charge in [-0.25, -0.2) is 0 Å². The highest BCUT2D eigenvalue weighted by molar-refractivity contribution is 5.78. The van der Waals surface area contributed by atoms with Crippen LogP contribution in [0.5, 0.6) is 0 Å². The number of pyridine rings is 1. The number of amides is 1. The van der Waals surface area contributed by atoms with Crippen molar-refractivity contribution in [2.24, 2.45) is 0 Å². The summed E-state index contributed by atoms with van der Waals surface area (Å²) in [4.78, 5) is 15.4. The molecule has 17 heavy (non-hydrogen) atoms. The van der Waals surface area contributed by atoms with Gasteiger partial charge in [-0.3, -0.25) is 9.78 Å². The maximum absolute atomic E-state index is 11.4. The minimum Gasteiger partial charge on any atom is -0.354 e. The lowest BCUT2D eigenvalue weighted by Gasteiger charge is -2.13. The summed E-state index contributed by atoms with van der Waals surface area (Å²) in [6.07, 6.45) is 3.82. The van der Waals surface area contributed by atoms with Crippen LogP contribution in [0.15, 0.2) is 24.5 Å². The highest BCUT2D eigenvalue weighted by Gasteiger charge is 2.06. The fourth-order valence-corrected chi connectivity index (χ4v) is 1.32. The van der Waals surface area contributed by atoms with E-state index in [4.69, 9.17) is 5.26 Å². The molecule has 0 spiro atoms. The Morgan fingerprint density at radius 1 is 1.65 bits per heavy atom. The molecule has 1 atom stereocenters. The first-order valence-electron chi connectivity index (χ1n) is 5.51. The van der Waals surface area contributed by atoms with Gasteiger partial charge in [0.2, 0.25) is 5.91 Å². The van der Waals surface area contributed by atoms with Gasteiger partial charge in [0.25, 0.3) is 0 Å². The molecule has 1 heterocycles. The molecule has 5 heteroatoms. The van der Waals surface area contributed by atoms with E-state index in [1.807, 2.05) is 25.1 Å². The molecule has 0 saturated carbocycles. The number of nitrogens with zero attached hydrogens (tertiary/aromatic N) is 2. The second kappa shape index (κ2) is 7.36. The molecule has 0 fully saturated rings. The Hall–Kier alpha value is -1.93. The molecule has 5 nitrogen and oxygen atoms in total. The highest BCUT2D eigenvalue weighted by atomic mass is 16.1.